The Morgan fingerprint density at radius 2 is 1.83 bits per heavy atom. The Balaban J connectivity index is 1.94. The van der Waals surface area contributed by atoms with Gasteiger partial charge < -0.3 is 4.90 Å². The smallest absolute Gasteiger partial charge is 0.314 e. The van der Waals surface area contributed by atoms with Crippen molar-refractivity contribution in [1.29, 1.82) is 0 Å². The normalized spacial score (nSPS) is 11.0. The molecule has 0 saturated heterocycles. The van der Waals surface area contributed by atoms with E-state index in [2.05, 4.69) is 15.9 Å². The molecule has 24 heavy (non-hydrogen) atoms. The number of anilines is 1. The van der Waals surface area contributed by atoms with E-state index in [-0.39, 0.29) is 18.1 Å². The lowest BCUT2D eigenvalue weighted by Crippen LogP contribution is -2.34. The Bertz CT molecular complexity index is 988. The summed E-state index contributed by atoms with van der Waals surface area (Å²) in [6, 6.07) is 13.2. The molecule has 0 N–H and O–H groups in total. The zero-order valence-electron chi connectivity index (χ0n) is 13.8. The Kier molecular flexibility index (Phi) is 4.32. The maximum Gasteiger partial charge on any atom is 0.329 e. The molecule has 0 bridgehead atoms. The highest BCUT2D eigenvalue weighted by molar-refractivity contribution is 9.10. The van der Waals surface area contributed by atoms with E-state index in [1.54, 1.807) is 23.6 Å². The van der Waals surface area contributed by atoms with Crippen molar-refractivity contribution >= 4 is 38.6 Å². The van der Waals surface area contributed by atoms with Crippen LogP contribution in [0.4, 0.5) is 5.69 Å². The molecule has 2 aromatic carbocycles. The summed E-state index contributed by atoms with van der Waals surface area (Å²) in [4.78, 5) is 26.7. The highest BCUT2D eigenvalue weighted by Gasteiger charge is 2.17. The van der Waals surface area contributed by atoms with Gasteiger partial charge in [-0.05, 0) is 42.8 Å². The molecule has 0 aliphatic carbocycles. The fraction of sp³-hybridized carbons (Fsp3) is 0.222. The largest absolute Gasteiger partial charge is 0.329 e. The minimum Gasteiger partial charge on any atom is -0.314 e. The van der Waals surface area contributed by atoms with Gasteiger partial charge in [-0.3, -0.25) is 13.9 Å². The molecule has 124 valence electrons. The van der Waals surface area contributed by atoms with Gasteiger partial charge in [0, 0.05) is 24.3 Å². The molecule has 6 heteroatoms. The molecule has 1 aromatic heterocycles. The second-order valence-corrected chi connectivity index (χ2v) is 6.66. The number of carbonyl (C=O) groups excluding carboxylic acids is 1. The molecule has 0 aliphatic heterocycles. The molecule has 1 amide bonds. The number of benzene rings is 2. The number of imidazole rings is 1. The van der Waals surface area contributed by atoms with E-state index in [1.165, 1.54) is 4.57 Å². The van der Waals surface area contributed by atoms with Crippen molar-refractivity contribution in [3.05, 3.63) is 63.0 Å². The highest BCUT2D eigenvalue weighted by atomic mass is 79.9. The summed E-state index contributed by atoms with van der Waals surface area (Å²) in [5, 5.41) is 0. The molecular formula is C18H18BrN3O2. The lowest BCUT2D eigenvalue weighted by atomic mass is 10.2. The van der Waals surface area contributed by atoms with Crippen molar-refractivity contribution in [2.75, 3.05) is 11.9 Å². The number of fused-ring (bicyclic) bond motifs is 1. The molecule has 0 unspecified atom stereocenters. The Morgan fingerprint density at radius 1 is 1.17 bits per heavy atom. The minimum atomic E-state index is -0.190. The molecule has 0 radical (unpaired) electrons. The van der Waals surface area contributed by atoms with Crippen LogP contribution in [0.15, 0.2) is 51.7 Å². The number of rotatable bonds is 3. The predicted octanol–water partition coefficient (Wildman–Crippen LogP) is 3.07. The van der Waals surface area contributed by atoms with Crippen LogP contribution >= 0.6 is 15.9 Å². The number of likely N-dealkylation sites (N-methyl/N-ethyl adjacent to an activating group) is 1. The third kappa shape index (κ3) is 2.78. The summed E-state index contributed by atoms with van der Waals surface area (Å²) < 4.78 is 4.07. The van der Waals surface area contributed by atoms with Gasteiger partial charge in [-0.25, -0.2) is 4.79 Å². The monoisotopic (exact) mass is 387 g/mol. The van der Waals surface area contributed by atoms with Crippen LogP contribution in [0.1, 0.15) is 5.56 Å². The van der Waals surface area contributed by atoms with Gasteiger partial charge in [0.1, 0.15) is 6.54 Å². The maximum atomic E-state index is 12.7. The third-order valence-corrected chi connectivity index (χ3v) is 5.14. The lowest BCUT2D eigenvalue weighted by molar-refractivity contribution is -0.118. The number of amides is 1. The first-order valence-corrected chi connectivity index (χ1v) is 8.36. The Labute approximate surface area is 148 Å². The summed E-state index contributed by atoms with van der Waals surface area (Å²) in [6.45, 7) is 1.98. The molecule has 5 nitrogen and oxygen atoms in total. The molecule has 3 aromatic rings. The minimum absolute atomic E-state index is 0.00575. The highest BCUT2D eigenvalue weighted by Crippen LogP contribution is 2.22. The van der Waals surface area contributed by atoms with Gasteiger partial charge in [0.15, 0.2) is 0 Å². The van der Waals surface area contributed by atoms with E-state index in [1.807, 2.05) is 49.4 Å². The molecule has 0 spiro atoms. The fourth-order valence-electron chi connectivity index (χ4n) is 2.74. The van der Waals surface area contributed by atoms with Crippen molar-refractivity contribution in [3.8, 4) is 0 Å². The van der Waals surface area contributed by atoms with Crippen LogP contribution in [0.25, 0.3) is 11.0 Å². The third-order valence-electron chi connectivity index (χ3n) is 4.25. The van der Waals surface area contributed by atoms with Crippen LogP contribution in [0.3, 0.4) is 0 Å². The van der Waals surface area contributed by atoms with Gasteiger partial charge in [0.2, 0.25) is 5.91 Å². The SMILES string of the molecule is Cc1cc(N(C)C(=O)Cn2c(=O)n(C)c3ccccc32)ccc1Br. The molecule has 3 rings (SSSR count). The average Bonchev–Trinajstić information content (AvgIpc) is 2.82. The van der Waals surface area contributed by atoms with Crippen molar-refractivity contribution in [1.82, 2.24) is 9.13 Å². The van der Waals surface area contributed by atoms with Gasteiger partial charge in [0.25, 0.3) is 0 Å². The average molecular weight is 388 g/mol. The number of carbonyl (C=O) groups is 1. The van der Waals surface area contributed by atoms with E-state index in [0.29, 0.717) is 0 Å². The molecular weight excluding hydrogens is 370 g/mol. The second kappa shape index (κ2) is 6.28. The summed E-state index contributed by atoms with van der Waals surface area (Å²) in [5.41, 5.74) is 3.24. The first-order chi connectivity index (χ1) is 11.4. The summed E-state index contributed by atoms with van der Waals surface area (Å²) >= 11 is 3.46. The van der Waals surface area contributed by atoms with Crippen LogP contribution in [-0.4, -0.2) is 22.1 Å². The van der Waals surface area contributed by atoms with Crippen LogP contribution in [0.2, 0.25) is 0 Å². The summed E-state index contributed by atoms with van der Waals surface area (Å²) in [6.07, 6.45) is 0. The quantitative estimate of drug-likeness (QED) is 0.693. The molecule has 0 aliphatic rings. The number of hydrogen-bond donors (Lipinski definition) is 0. The van der Waals surface area contributed by atoms with E-state index in [4.69, 9.17) is 0 Å². The van der Waals surface area contributed by atoms with Gasteiger partial charge in [-0.15, -0.1) is 0 Å². The van der Waals surface area contributed by atoms with E-state index in [0.717, 1.165) is 26.8 Å². The van der Waals surface area contributed by atoms with E-state index >= 15 is 0 Å². The van der Waals surface area contributed by atoms with Crippen molar-refractivity contribution in [3.63, 3.8) is 0 Å². The second-order valence-electron chi connectivity index (χ2n) is 5.80. The number of aryl methyl sites for hydroxylation is 2. The molecule has 1 heterocycles. The summed E-state index contributed by atoms with van der Waals surface area (Å²) in [5.74, 6) is -0.143. The topological polar surface area (TPSA) is 47.2 Å². The van der Waals surface area contributed by atoms with Crippen molar-refractivity contribution in [2.24, 2.45) is 7.05 Å². The number of para-hydroxylation sites is 2. The first kappa shape index (κ1) is 16.5. The molecule has 0 fully saturated rings. The zero-order valence-corrected chi connectivity index (χ0v) is 15.4. The maximum absolute atomic E-state index is 12.7. The number of halogens is 1. The van der Waals surface area contributed by atoms with Crippen molar-refractivity contribution in [2.45, 2.75) is 13.5 Å². The summed E-state index contributed by atoms with van der Waals surface area (Å²) in [7, 11) is 3.44. The standard InChI is InChI=1S/C18H18BrN3O2/c1-12-10-13(8-9-14(12)19)20(2)17(23)11-22-16-7-5-4-6-15(16)21(3)18(22)24/h4-10H,11H2,1-3H3. The number of nitrogens with zero attached hydrogens (tertiary/aromatic N) is 3. The van der Waals surface area contributed by atoms with Crippen LogP contribution in [0.5, 0.6) is 0 Å². The lowest BCUT2D eigenvalue weighted by Gasteiger charge is -2.18. The number of hydrogen-bond acceptors (Lipinski definition) is 2. The Hall–Kier alpha value is -2.34. The predicted molar refractivity (Wildman–Crippen MR) is 99.5 cm³/mol. The van der Waals surface area contributed by atoms with E-state index in [9.17, 15) is 9.59 Å². The number of aromatic nitrogens is 2. The van der Waals surface area contributed by atoms with Crippen LogP contribution in [0, 0.1) is 6.92 Å². The molecule has 0 atom stereocenters. The van der Waals surface area contributed by atoms with Gasteiger partial charge >= 0.3 is 5.69 Å². The van der Waals surface area contributed by atoms with E-state index < -0.39 is 0 Å². The van der Waals surface area contributed by atoms with Crippen LogP contribution in [-0.2, 0) is 18.4 Å². The Morgan fingerprint density at radius 3 is 2.50 bits per heavy atom. The molecule has 0 saturated carbocycles. The van der Waals surface area contributed by atoms with Crippen molar-refractivity contribution < 1.29 is 4.79 Å². The first-order valence-electron chi connectivity index (χ1n) is 7.57. The van der Waals surface area contributed by atoms with Gasteiger partial charge in [-0.2, -0.15) is 0 Å². The van der Waals surface area contributed by atoms with Crippen LogP contribution < -0.4 is 10.6 Å². The zero-order chi connectivity index (χ0) is 17.4. The fourth-order valence-corrected chi connectivity index (χ4v) is 2.99. The van der Waals surface area contributed by atoms with Gasteiger partial charge in [0.05, 0.1) is 11.0 Å². The van der Waals surface area contributed by atoms with Gasteiger partial charge in [-0.1, -0.05) is 28.1 Å².